The Morgan fingerprint density at radius 1 is 1.21 bits per heavy atom. The minimum atomic E-state index is -0.871. The highest BCUT2D eigenvalue weighted by Crippen LogP contribution is 2.13. The standard InChI is InChI=1S/C11H13ClN4O3/c1-6(14-11(13)19)9(17)15-16-10(18)7-4-2-3-5-8(7)12/h2-6H,1H3,(H,15,17)(H,16,18)(H3,13,14,19)/t6-/m1/s1. The number of nitrogens with two attached hydrogens (primary N) is 1. The van der Waals surface area contributed by atoms with Crippen molar-refractivity contribution in [3.05, 3.63) is 34.9 Å². The zero-order chi connectivity index (χ0) is 14.4. The number of hydrogen-bond acceptors (Lipinski definition) is 3. The molecular formula is C11H13ClN4O3. The average Bonchev–Trinajstić information content (AvgIpc) is 2.35. The number of urea groups is 1. The fourth-order valence-corrected chi connectivity index (χ4v) is 1.44. The Morgan fingerprint density at radius 3 is 2.42 bits per heavy atom. The summed E-state index contributed by atoms with van der Waals surface area (Å²) in [5.74, 6) is -1.18. The number of hydrogen-bond donors (Lipinski definition) is 4. The van der Waals surface area contributed by atoms with E-state index in [1.807, 2.05) is 0 Å². The molecular weight excluding hydrogens is 272 g/mol. The van der Waals surface area contributed by atoms with Gasteiger partial charge >= 0.3 is 6.03 Å². The lowest BCUT2D eigenvalue weighted by atomic mass is 10.2. The topological polar surface area (TPSA) is 113 Å². The van der Waals surface area contributed by atoms with E-state index >= 15 is 0 Å². The summed E-state index contributed by atoms with van der Waals surface area (Å²) in [7, 11) is 0. The van der Waals surface area contributed by atoms with Crippen molar-refractivity contribution in [1.82, 2.24) is 16.2 Å². The maximum atomic E-state index is 11.7. The number of primary amides is 1. The third-order valence-electron chi connectivity index (χ3n) is 2.17. The van der Waals surface area contributed by atoms with Crippen LogP contribution in [0.15, 0.2) is 24.3 Å². The third-order valence-corrected chi connectivity index (χ3v) is 2.50. The molecule has 0 unspecified atom stereocenters. The van der Waals surface area contributed by atoms with Gasteiger partial charge in [-0.1, -0.05) is 23.7 Å². The van der Waals surface area contributed by atoms with E-state index in [4.69, 9.17) is 17.3 Å². The molecule has 0 fully saturated rings. The highest BCUT2D eigenvalue weighted by molar-refractivity contribution is 6.33. The molecule has 7 nitrogen and oxygen atoms in total. The minimum Gasteiger partial charge on any atom is -0.352 e. The fourth-order valence-electron chi connectivity index (χ4n) is 1.22. The third kappa shape index (κ3) is 4.47. The van der Waals surface area contributed by atoms with Gasteiger partial charge in [-0.15, -0.1) is 0 Å². The van der Waals surface area contributed by atoms with Crippen LogP contribution in [0.2, 0.25) is 5.02 Å². The first kappa shape index (κ1) is 14.8. The van der Waals surface area contributed by atoms with Crippen LogP contribution >= 0.6 is 11.6 Å². The van der Waals surface area contributed by atoms with Gasteiger partial charge in [-0.25, -0.2) is 4.79 Å². The van der Waals surface area contributed by atoms with E-state index in [1.54, 1.807) is 18.2 Å². The van der Waals surface area contributed by atoms with Crippen LogP contribution in [0.3, 0.4) is 0 Å². The number of carbonyl (C=O) groups excluding carboxylic acids is 3. The minimum absolute atomic E-state index is 0.222. The molecule has 0 saturated heterocycles. The lowest BCUT2D eigenvalue weighted by molar-refractivity contribution is -0.123. The molecule has 0 radical (unpaired) electrons. The highest BCUT2D eigenvalue weighted by atomic mass is 35.5. The maximum absolute atomic E-state index is 11.7. The molecule has 0 aromatic heterocycles. The van der Waals surface area contributed by atoms with Crippen LogP contribution in [0.4, 0.5) is 4.79 Å². The van der Waals surface area contributed by atoms with Crippen LogP contribution in [-0.4, -0.2) is 23.9 Å². The van der Waals surface area contributed by atoms with E-state index in [0.29, 0.717) is 0 Å². The molecule has 4 amide bonds. The molecule has 8 heteroatoms. The Balaban J connectivity index is 2.53. The summed E-state index contributed by atoms with van der Waals surface area (Å²) >= 11 is 5.82. The molecule has 0 aliphatic heterocycles. The second-order valence-electron chi connectivity index (χ2n) is 3.65. The van der Waals surface area contributed by atoms with Gasteiger partial charge in [0.05, 0.1) is 10.6 Å². The molecule has 0 saturated carbocycles. The van der Waals surface area contributed by atoms with Gasteiger partial charge in [0.1, 0.15) is 6.04 Å². The lowest BCUT2D eigenvalue weighted by Crippen LogP contribution is -2.52. The van der Waals surface area contributed by atoms with E-state index < -0.39 is 23.9 Å². The molecule has 0 aliphatic carbocycles. The number of benzene rings is 1. The number of hydrazine groups is 1. The van der Waals surface area contributed by atoms with Crippen LogP contribution in [-0.2, 0) is 4.79 Å². The molecule has 0 heterocycles. The number of nitrogens with one attached hydrogen (secondary N) is 3. The van der Waals surface area contributed by atoms with Gasteiger partial charge in [0, 0.05) is 0 Å². The van der Waals surface area contributed by atoms with E-state index in [2.05, 4.69) is 16.2 Å². The van der Waals surface area contributed by atoms with Crippen molar-refractivity contribution >= 4 is 29.4 Å². The van der Waals surface area contributed by atoms with Crippen LogP contribution in [0.1, 0.15) is 17.3 Å². The van der Waals surface area contributed by atoms with Crippen molar-refractivity contribution in [1.29, 1.82) is 0 Å². The van der Waals surface area contributed by atoms with Gasteiger partial charge in [-0.2, -0.15) is 0 Å². The summed E-state index contributed by atoms with van der Waals surface area (Å²) in [6.07, 6.45) is 0. The van der Waals surface area contributed by atoms with Crippen molar-refractivity contribution in [2.45, 2.75) is 13.0 Å². The molecule has 5 N–H and O–H groups in total. The lowest BCUT2D eigenvalue weighted by Gasteiger charge is -2.13. The Labute approximate surface area is 114 Å². The summed E-state index contributed by atoms with van der Waals surface area (Å²) in [6.45, 7) is 1.42. The zero-order valence-electron chi connectivity index (χ0n) is 10.1. The van der Waals surface area contributed by atoms with Crippen molar-refractivity contribution in [2.24, 2.45) is 5.73 Å². The monoisotopic (exact) mass is 284 g/mol. The SMILES string of the molecule is C[C@@H](NC(N)=O)C(=O)NNC(=O)c1ccccc1Cl. The van der Waals surface area contributed by atoms with Crippen LogP contribution in [0, 0.1) is 0 Å². The number of rotatable bonds is 3. The Bertz CT molecular complexity index is 506. The zero-order valence-corrected chi connectivity index (χ0v) is 10.8. The summed E-state index contributed by atoms with van der Waals surface area (Å²) in [6, 6.07) is 4.67. The Morgan fingerprint density at radius 2 is 1.84 bits per heavy atom. The van der Waals surface area contributed by atoms with E-state index in [0.717, 1.165) is 0 Å². The van der Waals surface area contributed by atoms with Crippen LogP contribution in [0.5, 0.6) is 0 Å². The molecule has 1 rings (SSSR count). The molecule has 0 bridgehead atoms. The van der Waals surface area contributed by atoms with Crippen LogP contribution < -0.4 is 21.9 Å². The predicted octanol–water partition coefficient (Wildman–Crippen LogP) is 0.158. The second kappa shape index (κ2) is 6.60. The summed E-state index contributed by atoms with van der Waals surface area (Å²) in [5.41, 5.74) is 9.41. The van der Waals surface area contributed by atoms with Gasteiger partial charge < -0.3 is 11.1 Å². The summed E-state index contributed by atoms with van der Waals surface area (Å²) in [5, 5.41) is 2.43. The first-order valence-corrected chi connectivity index (χ1v) is 5.70. The van der Waals surface area contributed by atoms with Gasteiger partial charge in [0.15, 0.2) is 0 Å². The highest BCUT2D eigenvalue weighted by Gasteiger charge is 2.15. The molecule has 1 aromatic rings. The quantitative estimate of drug-likeness (QED) is 0.593. The molecule has 1 aromatic carbocycles. The normalized spacial score (nSPS) is 11.3. The van der Waals surface area contributed by atoms with E-state index in [-0.39, 0.29) is 10.6 Å². The van der Waals surface area contributed by atoms with Crippen molar-refractivity contribution < 1.29 is 14.4 Å². The van der Waals surface area contributed by atoms with Crippen molar-refractivity contribution in [2.75, 3.05) is 0 Å². The molecule has 1 atom stereocenters. The van der Waals surface area contributed by atoms with Crippen molar-refractivity contribution in [3.8, 4) is 0 Å². The summed E-state index contributed by atoms with van der Waals surface area (Å²) < 4.78 is 0. The van der Waals surface area contributed by atoms with E-state index in [1.165, 1.54) is 13.0 Å². The van der Waals surface area contributed by atoms with Gasteiger partial charge in [-0.3, -0.25) is 20.4 Å². The second-order valence-corrected chi connectivity index (χ2v) is 4.06. The molecule has 102 valence electrons. The predicted molar refractivity (Wildman–Crippen MR) is 69.2 cm³/mol. The first-order valence-electron chi connectivity index (χ1n) is 5.32. The summed E-state index contributed by atoms with van der Waals surface area (Å²) in [4.78, 5) is 33.7. The molecule has 19 heavy (non-hydrogen) atoms. The molecule has 0 spiro atoms. The van der Waals surface area contributed by atoms with Gasteiger partial charge in [-0.05, 0) is 19.1 Å². The average molecular weight is 285 g/mol. The fraction of sp³-hybridized carbons (Fsp3) is 0.182. The van der Waals surface area contributed by atoms with Gasteiger partial charge in [0.25, 0.3) is 11.8 Å². The largest absolute Gasteiger partial charge is 0.352 e. The number of amides is 4. The number of halogens is 1. The van der Waals surface area contributed by atoms with Gasteiger partial charge in [0.2, 0.25) is 0 Å². The van der Waals surface area contributed by atoms with Crippen molar-refractivity contribution in [3.63, 3.8) is 0 Å². The first-order chi connectivity index (χ1) is 8.91. The Hall–Kier alpha value is -2.28. The molecule has 0 aliphatic rings. The smallest absolute Gasteiger partial charge is 0.312 e. The number of carbonyl (C=O) groups is 3. The van der Waals surface area contributed by atoms with E-state index in [9.17, 15) is 14.4 Å². The van der Waals surface area contributed by atoms with Crippen LogP contribution in [0.25, 0.3) is 0 Å². The Kier molecular flexibility index (Phi) is 5.13. The maximum Gasteiger partial charge on any atom is 0.312 e.